The fourth-order valence-corrected chi connectivity index (χ4v) is 4.52. The van der Waals surface area contributed by atoms with E-state index in [1.165, 1.54) is 6.07 Å². The molecule has 0 aliphatic carbocycles. The Morgan fingerprint density at radius 3 is 2.32 bits per heavy atom. The molecular formula is C30H30Cl2N4O2. The summed E-state index contributed by atoms with van der Waals surface area (Å²) in [5.74, 6) is -0.0430. The molecule has 6 nitrogen and oxygen atoms in total. The molecule has 0 aliphatic heterocycles. The molecule has 0 unspecified atom stereocenters. The van der Waals surface area contributed by atoms with Crippen molar-refractivity contribution < 1.29 is 9.59 Å². The molecule has 0 aliphatic rings. The number of halogens is 2. The van der Waals surface area contributed by atoms with Crippen molar-refractivity contribution in [1.29, 1.82) is 0 Å². The second kappa shape index (κ2) is 12.3. The van der Waals surface area contributed by atoms with Crippen LogP contribution in [0.1, 0.15) is 41.4 Å². The third-order valence-electron chi connectivity index (χ3n) is 6.23. The molecule has 38 heavy (non-hydrogen) atoms. The molecule has 196 valence electrons. The summed E-state index contributed by atoms with van der Waals surface area (Å²) < 4.78 is 1.74. The summed E-state index contributed by atoms with van der Waals surface area (Å²) >= 11 is 12.2. The van der Waals surface area contributed by atoms with E-state index in [4.69, 9.17) is 28.3 Å². The number of aryl methyl sites for hydroxylation is 2. The van der Waals surface area contributed by atoms with Crippen LogP contribution in [-0.4, -0.2) is 39.6 Å². The Morgan fingerprint density at radius 2 is 1.66 bits per heavy atom. The molecular weight excluding hydrogens is 519 g/mol. The maximum Gasteiger partial charge on any atom is 0.254 e. The predicted molar refractivity (Wildman–Crippen MR) is 154 cm³/mol. The fourth-order valence-electron chi connectivity index (χ4n) is 4.22. The minimum absolute atomic E-state index is 0.120. The number of rotatable bonds is 9. The van der Waals surface area contributed by atoms with E-state index in [0.717, 1.165) is 40.9 Å². The summed E-state index contributed by atoms with van der Waals surface area (Å²) in [5.41, 5.74) is 4.88. The molecule has 0 atom stereocenters. The van der Waals surface area contributed by atoms with Crippen molar-refractivity contribution in [2.45, 2.75) is 33.6 Å². The minimum Gasteiger partial charge on any atom is -0.329 e. The Hall–Kier alpha value is -3.61. The number of aromatic nitrogens is 2. The standard InChI is InChI=1S/C30H30Cl2N4O2/c1-4-5-17-35(30(38)23-13-16-25(31)26(32)18-23)19-27(37)33-29-28(22-9-7-6-8-10-22)21(3)34-36(29)24-14-11-20(2)12-15-24/h6-16,18H,4-5,17,19H2,1-3H3,(H,33,37). The van der Waals surface area contributed by atoms with Crippen LogP contribution in [0.4, 0.5) is 5.82 Å². The van der Waals surface area contributed by atoms with Crippen molar-refractivity contribution in [3.63, 3.8) is 0 Å². The first-order chi connectivity index (χ1) is 18.3. The van der Waals surface area contributed by atoms with Gasteiger partial charge in [0.05, 0.1) is 21.4 Å². The second-order valence-electron chi connectivity index (χ2n) is 9.18. The van der Waals surface area contributed by atoms with Crippen LogP contribution in [0, 0.1) is 13.8 Å². The van der Waals surface area contributed by atoms with Gasteiger partial charge in [-0.2, -0.15) is 5.10 Å². The SMILES string of the molecule is CCCCN(CC(=O)Nc1c(-c2ccccc2)c(C)nn1-c1ccc(C)cc1)C(=O)c1ccc(Cl)c(Cl)c1. The van der Waals surface area contributed by atoms with Crippen molar-refractivity contribution in [3.8, 4) is 16.8 Å². The summed E-state index contributed by atoms with van der Waals surface area (Å²) in [7, 11) is 0. The number of benzene rings is 3. The van der Waals surface area contributed by atoms with Gasteiger partial charge >= 0.3 is 0 Å². The highest BCUT2D eigenvalue weighted by atomic mass is 35.5. The molecule has 3 aromatic carbocycles. The zero-order chi connectivity index (χ0) is 27.2. The van der Waals surface area contributed by atoms with Gasteiger partial charge in [0.1, 0.15) is 12.4 Å². The molecule has 0 radical (unpaired) electrons. The molecule has 1 aromatic heterocycles. The Balaban J connectivity index is 1.67. The largest absolute Gasteiger partial charge is 0.329 e. The average Bonchev–Trinajstić information content (AvgIpc) is 3.23. The molecule has 0 saturated heterocycles. The number of carbonyl (C=O) groups excluding carboxylic acids is 2. The lowest BCUT2D eigenvalue weighted by atomic mass is 10.1. The van der Waals surface area contributed by atoms with E-state index in [9.17, 15) is 9.59 Å². The Kier molecular flexibility index (Phi) is 8.87. The number of hydrogen-bond donors (Lipinski definition) is 1. The predicted octanol–water partition coefficient (Wildman–Crippen LogP) is 7.34. The maximum absolute atomic E-state index is 13.5. The van der Waals surface area contributed by atoms with Crippen LogP contribution in [0.2, 0.25) is 10.0 Å². The van der Waals surface area contributed by atoms with Gasteiger partial charge in [0.2, 0.25) is 5.91 Å². The van der Waals surface area contributed by atoms with Gasteiger partial charge in [-0.1, -0.05) is 84.6 Å². The Labute approximate surface area is 233 Å². The lowest BCUT2D eigenvalue weighted by Crippen LogP contribution is -2.39. The van der Waals surface area contributed by atoms with E-state index in [2.05, 4.69) is 5.32 Å². The molecule has 0 saturated carbocycles. The van der Waals surface area contributed by atoms with Gasteiger partial charge in [-0.25, -0.2) is 4.68 Å². The number of hydrogen-bond acceptors (Lipinski definition) is 3. The van der Waals surface area contributed by atoms with Gasteiger partial charge in [0.15, 0.2) is 0 Å². The van der Waals surface area contributed by atoms with Gasteiger partial charge in [0, 0.05) is 17.7 Å². The summed E-state index contributed by atoms with van der Waals surface area (Å²) in [5, 5.41) is 8.49. The number of amides is 2. The van der Waals surface area contributed by atoms with Gasteiger partial charge < -0.3 is 10.2 Å². The first-order valence-corrected chi connectivity index (χ1v) is 13.3. The summed E-state index contributed by atoms with van der Waals surface area (Å²) in [4.78, 5) is 28.4. The highest BCUT2D eigenvalue weighted by Crippen LogP contribution is 2.33. The summed E-state index contributed by atoms with van der Waals surface area (Å²) in [6.07, 6.45) is 1.64. The van der Waals surface area contributed by atoms with Crippen molar-refractivity contribution in [2.75, 3.05) is 18.4 Å². The normalized spacial score (nSPS) is 10.9. The fraction of sp³-hybridized carbons (Fsp3) is 0.233. The summed E-state index contributed by atoms with van der Waals surface area (Å²) in [6.45, 7) is 6.29. The summed E-state index contributed by atoms with van der Waals surface area (Å²) in [6, 6.07) is 22.5. The lowest BCUT2D eigenvalue weighted by molar-refractivity contribution is -0.116. The molecule has 0 fully saturated rings. The molecule has 4 rings (SSSR count). The first-order valence-electron chi connectivity index (χ1n) is 12.5. The van der Waals surface area contributed by atoms with Crippen LogP contribution in [-0.2, 0) is 4.79 Å². The monoisotopic (exact) mass is 548 g/mol. The van der Waals surface area contributed by atoms with E-state index in [0.29, 0.717) is 28.0 Å². The van der Waals surface area contributed by atoms with E-state index < -0.39 is 0 Å². The number of anilines is 1. The van der Waals surface area contributed by atoms with Gasteiger partial charge in [-0.3, -0.25) is 9.59 Å². The second-order valence-corrected chi connectivity index (χ2v) is 9.99. The number of carbonyl (C=O) groups is 2. The van der Waals surface area contributed by atoms with Crippen molar-refractivity contribution in [1.82, 2.24) is 14.7 Å². The number of unbranched alkanes of at least 4 members (excludes halogenated alkanes) is 1. The van der Waals surface area contributed by atoms with E-state index in [1.54, 1.807) is 21.7 Å². The topological polar surface area (TPSA) is 67.2 Å². The molecule has 1 N–H and O–H groups in total. The average molecular weight is 550 g/mol. The molecule has 2 amide bonds. The third kappa shape index (κ3) is 6.26. The van der Waals surface area contributed by atoms with Crippen LogP contribution < -0.4 is 5.32 Å². The van der Waals surface area contributed by atoms with Crippen LogP contribution in [0.3, 0.4) is 0 Å². The minimum atomic E-state index is -0.319. The molecule has 0 spiro atoms. The Morgan fingerprint density at radius 1 is 0.947 bits per heavy atom. The highest BCUT2D eigenvalue weighted by Gasteiger charge is 2.23. The van der Waals surface area contributed by atoms with Crippen LogP contribution in [0.15, 0.2) is 72.8 Å². The van der Waals surface area contributed by atoms with Gasteiger partial charge in [0.25, 0.3) is 5.91 Å². The highest BCUT2D eigenvalue weighted by molar-refractivity contribution is 6.42. The van der Waals surface area contributed by atoms with Crippen molar-refractivity contribution >= 4 is 40.8 Å². The maximum atomic E-state index is 13.5. The third-order valence-corrected chi connectivity index (χ3v) is 6.97. The smallest absolute Gasteiger partial charge is 0.254 e. The molecule has 1 heterocycles. The molecule has 8 heteroatoms. The number of nitrogens with zero attached hydrogens (tertiary/aromatic N) is 3. The van der Waals surface area contributed by atoms with E-state index in [1.807, 2.05) is 75.4 Å². The van der Waals surface area contributed by atoms with Crippen LogP contribution in [0.5, 0.6) is 0 Å². The zero-order valence-corrected chi connectivity index (χ0v) is 23.2. The zero-order valence-electron chi connectivity index (χ0n) is 21.7. The van der Waals surface area contributed by atoms with Crippen LogP contribution >= 0.6 is 23.2 Å². The molecule has 4 aromatic rings. The van der Waals surface area contributed by atoms with Crippen molar-refractivity contribution in [2.24, 2.45) is 0 Å². The quantitative estimate of drug-likeness (QED) is 0.238. The molecule has 0 bridgehead atoms. The van der Waals surface area contributed by atoms with E-state index >= 15 is 0 Å². The van der Waals surface area contributed by atoms with Gasteiger partial charge in [-0.05, 0) is 56.2 Å². The van der Waals surface area contributed by atoms with Gasteiger partial charge in [-0.15, -0.1) is 0 Å². The van der Waals surface area contributed by atoms with Crippen LogP contribution in [0.25, 0.3) is 16.8 Å². The lowest BCUT2D eigenvalue weighted by Gasteiger charge is -2.23. The van der Waals surface area contributed by atoms with Crippen molar-refractivity contribution in [3.05, 3.63) is 99.7 Å². The Bertz CT molecular complexity index is 1430. The number of nitrogens with one attached hydrogen (secondary N) is 1. The van der Waals surface area contributed by atoms with E-state index in [-0.39, 0.29) is 18.4 Å². The first kappa shape index (κ1) is 27.4.